The Morgan fingerprint density at radius 1 is 1.45 bits per heavy atom. The molecule has 1 saturated heterocycles. The number of pyridine rings is 1. The van der Waals surface area contributed by atoms with Crippen molar-refractivity contribution in [3.05, 3.63) is 36.0 Å². The third-order valence-corrected chi connectivity index (χ3v) is 4.23. The molecule has 1 atom stereocenters. The Hall–Kier alpha value is -2.14. The van der Waals surface area contributed by atoms with Crippen LogP contribution in [-0.2, 0) is 0 Å². The van der Waals surface area contributed by atoms with Gasteiger partial charge in [-0.15, -0.1) is 0 Å². The van der Waals surface area contributed by atoms with Crippen LogP contribution in [0.1, 0.15) is 16.8 Å². The monoisotopic (exact) mass is 299 g/mol. The molecule has 22 heavy (non-hydrogen) atoms. The van der Waals surface area contributed by atoms with Gasteiger partial charge in [0, 0.05) is 18.5 Å². The Labute approximate surface area is 130 Å². The van der Waals surface area contributed by atoms with Crippen molar-refractivity contribution in [1.82, 2.24) is 15.2 Å². The van der Waals surface area contributed by atoms with Crippen LogP contribution in [-0.4, -0.2) is 49.6 Å². The largest absolute Gasteiger partial charge is 0.494 e. The molecule has 0 radical (unpaired) electrons. The van der Waals surface area contributed by atoms with E-state index in [2.05, 4.69) is 22.2 Å². The molecule has 1 unspecified atom stereocenters. The number of benzene rings is 1. The van der Waals surface area contributed by atoms with E-state index in [-0.39, 0.29) is 5.91 Å². The van der Waals surface area contributed by atoms with Gasteiger partial charge in [0.15, 0.2) is 5.75 Å². The van der Waals surface area contributed by atoms with Gasteiger partial charge in [-0.1, -0.05) is 18.2 Å². The molecule has 3 rings (SSSR count). The number of carbonyl (C=O) groups excluding carboxylic acids is 1. The Morgan fingerprint density at radius 3 is 3.00 bits per heavy atom. The van der Waals surface area contributed by atoms with Gasteiger partial charge in [-0.25, -0.2) is 0 Å². The van der Waals surface area contributed by atoms with Gasteiger partial charge in [0.1, 0.15) is 0 Å². The fraction of sp³-hybridized carbons (Fsp3) is 0.412. The van der Waals surface area contributed by atoms with E-state index in [1.54, 1.807) is 13.3 Å². The van der Waals surface area contributed by atoms with E-state index in [0.29, 0.717) is 23.8 Å². The minimum atomic E-state index is -0.0926. The summed E-state index contributed by atoms with van der Waals surface area (Å²) in [5.41, 5.74) is 1.37. The Kier molecular flexibility index (Phi) is 4.24. The quantitative estimate of drug-likeness (QED) is 0.937. The molecule has 0 saturated carbocycles. The summed E-state index contributed by atoms with van der Waals surface area (Å²) in [6.07, 6.45) is 2.74. The molecular formula is C17H21N3O2. The van der Waals surface area contributed by atoms with Gasteiger partial charge in [0.2, 0.25) is 0 Å². The highest BCUT2D eigenvalue weighted by Crippen LogP contribution is 2.26. The van der Waals surface area contributed by atoms with Gasteiger partial charge in [-0.05, 0) is 32.0 Å². The lowest BCUT2D eigenvalue weighted by Gasteiger charge is -2.14. The van der Waals surface area contributed by atoms with Crippen LogP contribution in [0.15, 0.2) is 30.5 Å². The average molecular weight is 299 g/mol. The lowest BCUT2D eigenvalue weighted by Crippen LogP contribution is -2.31. The number of hydrogen-bond acceptors (Lipinski definition) is 4. The normalized spacial score (nSPS) is 18.5. The van der Waals surface area contributed by atoms with Crippen LogP contribution >= 0.6 is 0 Å². The van der Waals surface area contributed by atoms with Crippen molar-refractivity contribution in [3.63, 3.8) is 0 Å². The summed E-state index contributed by atoms with van der Waals surface area (Å²) in [5, 5.41) is 3.88. The number of fused-ring (bicyclic) bond motifs is 1. The lowest BCUT2D eigenvalue weighted by atomic mass is 10.1. The fourth-order valence-corrected chi connectivity index (χ4v) is 3.03. The van der Waals surface area contributed by atoms with Gasteiger partial charge >= 0.3 is 0 Å². The van der Waals surface area contributed by atoms with Crippen molar-refractivity contribution < 1.29 is 9.53 Å². The second-order valence-electron chi connectivity index (χ2n) is 5.85. The third-order valence-electron chi connectivity index (χ3n) is 4.23. The third kappa shape index (κ3) is 2.90. The lowest BCUT2D eigenvalue weighted by molar-refractivity contribution is 0.0946. The number of aromatic nitrogens is 1. The van der Waals surface area contributed by atoms with E-state index in [4.69, 9.17) is 4.74 Å². The van der Waals surface area contributed by atoms with E-state index in [0.717, 1.165) is 30.4 Å². The van der Waals surface area contributed by atoms with Crippen LogP contribution in [0.25, 0.3) is 10.9 Å². The summed E-state index contributed by atoms with van der Waals surface area (Å²) < 4.78 is 5.33. The van der Waals surface area contributed by atoms with Crippen molar-refractivity contribution >= 4 is 16.8 Å². The highest BCUT2D eigenvalue weighted by Gasteiger charge is 2.22. The molecule has 1 aromatic carbocycles. The van der Waals surface area contributed by atoms with Gasteiger partial charge in [0.05, 0.1) is 24.4 Å². The predicted molar refractivity (Wildman–Crippen MR) is 86.2 cm³/mol. The van der Waals surface area contributed by atoms with Gasteiger partial charge < -0.3 is 15.0 Å². The number of rotatable bonds is 4. The number of likely N-dealkylation sites (tertiary alicyclic amines) is 1. The summed E-state index contributed by atoms with van der Waals surface area (Å²) in [5.74, 6) is 0.942. The predicted octanol–water partition coefficient (Wildman–Crippen LogP) is 1.92. The Morgan fingerprint density at radius 2 is 2.27 bits per heavy atom. The average Bonchev–Trinajstić information content (AvgIpc) is 2.97. The zero-order valence-corrected chi connectivity index (χ0v) is 13.0. The zero-order chi connectivity index (χ0) is 15.5. The van der Waals surface area contributed by atoms with Crippen LogP contribution in [0, 0.1) is 5.92 Å². The van der Waals surface area contributed by atoms with E-state index in [1.165, 1.54) is 0 Å². The summed E-state index contributed by atoms with van der Waals surface area (Å²) in [7, 11) is 3.68. The van der Waals surface area contributed by atoms with E-state index >= 15 is 0 Å². The molecular weight excluding hydrogens is 278 g/mol. The highest BCUT2D eigenvalue weighted by atomic mass is 16.5. The number of hydrogen-bond donors (Lipinski definition) is 1. The molecule has 0 spiro atoms. The number of para-hydroxylation sites is 1. The van der Waals surface area contributed by atoms with Crippen molar-refractivity contribution in [3.8, 4) is 5.75 Å². The number of nitrogens with one attached hydrogen (secondary N) is 1. The van der Waals surface area contributed by atoms with E-state index in [1.807, 2.05) is 24.3 Å². The Bertz CT molecular complexity index is 687. The first-order valence-corrected chi connectivity index (χ1v) is 7.57. The van der Waals surface area contributed by atoms with Crippen molar-refractivity contribution in [2.75, 3.05) is 33.8 Å². The first-order chi connectivity index (χ1) is 10.7. The topological polar surface area (TPSA) is 54.5 Å². The standard InChI is InChI=1S/C17H21N3O2/c1-20-8-7-12(11-20)9-19-17(21)16-13-5-3-4-6-14(13)18-10-15(16)22-2/h3-6,10,12H,7-9,11H2,1-2H3,(H,19,21). The molecule has 5 heteroatoms. The van der Waals surface area contributed by atoms with E-state index < -0.39 is 0 Å². The van der Waals surface area contributed by atoms with Crippen LogP contribution in [0.2, 0.25) is 0 Å². The second-order valence-corrected chi connectivity index (χ2v) is 5.85. The number of carbonyl (C=O) groups is 1. The number of nitrogens with zero attached hydrogens (tertiary/aromatic N) is 2. The highest BCUT2D eigenvalue weighted by molar-refractivity contribution is 6.08. The number of ether oxygens (including phenoxy) is 1. The molecule has 2 heterocycles. The van der Waals surface area contributed by atoms with E-state index in [9.17, 15) is 4.79 Å². The maximum atomic E-state index is 12.6. The van der Waals surface area contributed by atoms with Crippen molar-refractivity contribution in [2.24, 2.45) is 5.92 Å². The van der Waals surface area contributed by atoms with Crippen LogP contribution in [0.4, 0.5) is 0 Å². The summed E-state index contributed by atoms with van der Waals surface area (Å²) >= 11 is 0. The maximum absolute atomic E-state index is 12.6. The number of methoxy groups -OCH3 is 1. The minimum absolute atomic E-state index is 0.0926. The maximum Gasteiger partial charge on any atom is 0.255 e. The van der Waals surface area contributed by atoms with Gasteiger partial charge in [-0.3, -0.25) is 9.78 Å². The molecule has 1 aliphatic rings. The SMILES string of the molecule is COc1cnc2ccccc2c1C(=O)NCC1CCN(C)C1. The first kappa shape index (κ1) is 14.8. The molecule has 5 nitrogen and oxygen atoms in total. The molecule has 0 bridgehead atoms. The molecule has 1 aliphatic heterocycles. The first-order valence-electron chi connectivity index (χ1n) is 7.57. The van der Waals surface area contributed by atoms with Crippen LogP contribution in [0.3, 0.4) is 0 Å². The minimum Gasteiger partial charge on any atom is -0.494 e. The van der Waals surface area contributed by atoms with Crippen molar-refractivity contribution in [1.29, 1.82) is 0 Å². The summed E-state index contributed by atoms with van der Waals surface area (Å²) in [4.78, 5) is 19.3. The van der Waals surface area contributed by atoms with Gasteiger partial charge in [0.25, 0.3) is 5.91 Å². The Balaban J connectivity index is 1.83. The molecule has 116 valence electrons. The second kappa shape index (κ2) is 6.32. The molecule has 1 amide bonds. The molecule has 1 N–H and O–H groups in total. The molecule has 1 aromatic heterocycles. The molecule has 1 fully saturated rings. The molecule has 0 aliphatic carbocycles. The van der Waals surface area contributed by atoms with Crippen LogP contribution in [0.5, 0.6) is 5.75 Å². The summed E-state index contributed by atoms with van der Waals surface area (Å²) in [6, 6.07) is 7.63. The van der Waals surface area contributed by atoms with Gasteiger partial charge in [-0.2, -0.15) is 0 Å². The number of amides is 1. The van der Waals surface area contributed by atoms with Crippen LogP contribution < -0.4 is 10.1 Å². The summed E-state index contributed by atoms with van der Waals surface area (Å²) in [6.45, 7) is 2.83. The fourth-order valence-electron chi connectivity index (χ4n) is 3.03. The zero-order valence-electron chi connectivity index (χ0n) is 13.0. The smallest absolute Gasteiger partial charge is 0.255 e. The molecule has 2 aromatic rings. The van der Waals surface area contributed by atoms with Crippen molar-refractivity contribution in [2.45, 2.75) is 6.42 Å².